The van der Waals surface area contributed by atoms with Gasteiger partial charge in [0.2, 0.25) is 0 Å². The molecular formula is C12H12F3NO5. The van der Waals surface area contributed by atoms with Crippen LogP contribution in [0.3, 0.4) is 0 Å². The number of amides is 1. The van der Waals surface area contributed by atoms with Crippen molar-refractivity contribution in [2.45, 2.75) is 12.4 Å². The van der Waals surface area contributed by atoms with Crippen LogP contribution in [0.5, 0.6) is 5.75 Å². The van der Waals surface area contributed by atoms with Crippen LogP contribution >= 0.6 is 0 Å². The van der Waals surface area contributed by atoms with Crippen LogP contribution in [0.25, 0.3) is 0 Å². The normalized spacial score (nSPS) is 12.4. The third kappa shape index (κ3) is 5.30. The molecule has 1 aromatic carbocycles. The fraction of sp³-hybridized carbons (Fsp3) is 0.333. The van der Waals surface area contributed by atoms with E-state index in [2.05, 4.69) is 14.8 Å². The summed E-state index contributed by atoms with van der Waals surface area (Å²) in [6, 6.07) is 2.82. The van der Waals surface area contributed by atoms with Gasteiger partial charge in [-0.3, -0.25) is 4.79 Å². The second-order valence-electron chi connectivity index (χ2n) is 3.80. The Bertz CT molecular complexity index is 501. The summed E-state index contributed by atoms with van der Waals surface area (Å²) < 4.78 is 43.9. The molecule has 0 saturated carbocycles. The molecular weight excluding hydrogens is 295 g/mol. The number of carbonyl (C=O) groups excluding carboxylic acids is 2. The number of carbonyl (C=O) groups is 2. The van der Waals surface area contributed by atoms with E-state index in [1.54, 1.807) is 0 Å². The Morgan fingerprint density at radius 1 is 1.29 bits per heavy atom. The highest BCUT2D eigenvalue weighted by molar-refractivity contribution is 5.96. The molecule has 0 spiro atoms. The summed E-state index contributed by atoms with van der Waals surface area (Å²) in [5.74, 6) is -2.08. The minimum atomic E-state index is -4.82. The van der Waals surface area contributed by atoms with E-state index in [1.165, 1.54) is 0 Å². The molecule has 0 fully saturated rings. The Hall–Kier alpha value is -2.29. The van der Waals surface area contributed by atoms with Crippen LogP contribution in [-0.2, 0) is 9.53 Å². The lowest BCUT2D eigenvalue weighted by atomic mass is 10.2. The number of methoxy groups -OCH3 is 1. The first-order valence-corrected chi connectivity index (χ1v) is 5.62. The number of benzene rings is 1. The molecule has 0 heterocycles. The summed E-state index contributed by atoms with van der Waals surface area (Å²) >= 11 is 0. The molecule has 1 aromatic rings. The van der Waals surface area contributed by atoms with E-state index in [0.29, 0.717) is 0 Å². The van der Waals surface area contributed by atoms with Crippen LogP contribution in [0.1, 0.15) is 10.4 Å². The van der Waals surface area contributed by atoms with Crippen molar-refractivity contribution in [3.63, 3.8) is 0 Å². The van der Waals surface area contributed by atoms with Crippen molar-refractivity contribution < 1.29 is 37.3 Å². The van der Waals surface area contributed by atoms with E-state index in [1.807, 2.05) is 0 Å². The van der Waals surface area contributed by atoms with E-state index in [9.17, 15) is 22.8 Å². The fourth-order valence-electron chi connectivity index (χ4n) is 1.37. The van der Waals surface area contributed by atoms with Crippen molar-refractivity contribution in [2.75, 3.05) is 13.7 Å². The molecule has 2 N–H and O–H groups in total. The first-order chi connectivity index (χ1) is 9.76. The first kappa shape index (κ1) is 16.8. The summed E-state index contributed by atoms with van der Waals surface area (Å²) in [6.07, 6.45) is -4.82. The van der Waals surface area contributed by atoms with Crippen LogP contribution in [0.4, 0.5) is 13.2 Å². The number of aliphatic hydroxyl groups is 1. The highest BCUT2D eigenvalue weighted by atomic mass is 19.4. The van der Waals surface area contributed by atoms with Gasteiger partial charge < -0.3 is 19.9 Å². The third-order valence-electron chi connectivity index (χ3n) is 2.32. The standard InChI is InChI=1S/C12H12F3NO5/c1-20-11(19)9(6-17)16-10(18)7-2-4-8(5-3-7)21-12(13,14)15/h2-5,9,17H,6H2,1H3,(H,16,18). The molecule has 0 aliphatic rings. The molecule has 1 rings (SSSR count). The van der Waals surface area contributed by atoms with Gasteiger partial charge in [-0.2, -0.15) is 0 Å². The van der Waals surface area contributed by atoms with E-state index < -0.39 is 36.6 Å². The zero-order valence-corrected chi connectivity index (χ0v) is 10.8. The predicted octanol–water partition coefficient (Wildman–Crippen LogP) is 0.849. The van der Waals surface area contributed by atoms with E-state index in [0.717, 1.165) is 31.4 Å². The smallest absolute Gasteiger partial charge is 0.467 e. The van der Waals surface area contributed by atoms with Gasteiger partial charge in [0.05, 0.1) is 13.7 Å². The molecule has 0 aliphatic heterocycles. The second kappa shape index (κ2) is 6.93. The van der Waals surface area contributed by atoms with Gasteiger partial charge in [0.25, 0.3) is 5.91 Å². The molecule has 0 saturated heterocycles. The van der Waals surface area contributed by atoms with Gasteiger partial charge in [-0.1, -0.05) is 0 Å². The lowest BCUT2D eigenvalue weighted by Crippen LogP contribution is -2.44. The van der Waals surface area contributed by atoms with Gasteiger partial charge >= 0.3 is 12.3 Å². The molecule has 21 heavy (non-hydrogen) atoms. The monoisotopic (exact) mass is 307 g/mol. The Morgan fingerprint density at radius 3 is 2.29 bits per heavy atom. The molecule has 116 valence electrons. The number of alkyl halides is 3. The van der Waals surface area contributed by atoms with Crippen molar-refractivity contribution in [1.82, 2.24) is 5.32 Å². The Morgan fingerprint density at radius 2 is 1.86 bits per heavy atom. The number of hydrogen-bond acceptors (Lipinski definition) is 5. The SMILES string of the molecule is COC(=O)C(CO)NC(=O)c1ccc(OC(F)(F)F)cc1. The van der Waals surface area contributed by atoms with Crippen LogP contribution in [0.2, 0.25) is 0 Å². The second-order valence-corrected chi connectivity index (χ2v) is 3.80. The number of ether oxygens (including phenoxy) is 2. The Balaban J connectivity index is 2.73. The van der Waals surface area contributed by atoms with Crippen molar-refractivity contribution in [1.29, 1.82) is 0 Å². The van der Waals surface area contributed by atoms with Crippen molar-refractivity contribution in [3.05, 3.63) is 29.8 Å². The summed E-state index contributed by atoms with van der Waals surface area (Å²) in [6.45, 7) is -0.673. The summed E-state index contributed by atoms with van der Waals surface area (Å²) in [5.41, 5.74) is -0.00752. The lowest BCUT2D eigenvalue weighted by molar-refractivity contribution is -0.274. The maximum Gasteiger partial charge on any atom is 0.573 e. The van der Waals surface area contributed by atoms with E-state index >= 15 is 0 Å². The van der Waals surface area contributed by atoms with Crippen LogP contribution in [0.15, 0.2) is 24.3 Å². The molecule has 6 nitrogen and oxygen atoms in total. The number of aliphatic hydroxyl groups excluding tert-OH is 1. The summed E-state index contributed by atoms with van der Waals surface area (Å²) in [4.78, 5) is 22.9. The molecule has 1 atom stereocenters. The minimum absolute atomic E-state index is 0.00752. The molecule has 1 amide bonds. The third-order valence-corrected chi connectivity index (χ3v) is 2.32. The highest BCUT2D eigenvalue weighted by Crippen LogP contribution is 2.22. The number of esters is 1. The molecule has 0 bridgehead atoms. The molecule has 0 aromatic heterocycles. The van der Waals surface area contributed by atoms with Gasteiger partial charge in [0.15, 0.2) is 6.04 Å². The summed E-state index contributed by atoms with van der Waals surface area (Å²) in [7, 11) is 1.08. The van der Waals surface area contributed by atoms with Crippen LogP contribution < -0.4 is 10.1 Å². The van der Waals surface area contributed by atoms with Crippen molar-refractivity contribution in [2.24, 2.45) is 0 Å². The van der Waals surface area contributed by atoms with Gasteiger partial charge in [-0.15, -0.1) is 13.2 Å². The predicted molar refractivity (Wildman–Crippen MR) is 63.5 cm³/mol. The molecule has 0 aliphatic carbocycles. The Kier molecular flexibility index (Phi) is 5.53. The molecule has 1 unspecified atom stereocenters. The average Bonchev–Trinajstić information content (AvgIpc) is 2.42. The van der Waals surface area contributed by atoms with Gasteiger partial charge in [-0.05, 0) is 24.3 Å². The van der Waals surface area contributed by atoms with Crippen molar-refractivity contribution >= 4 is 11.9 Å². The maximum absolute atomic E-state index is 12.0. The minimum Gasteiger partial charge on any atom is -0.467 e. The fourth-order valence-corrected chi connectivity index (χ4v) is 1.37. The lowest BCUT2D eigenvalue weighted by Gasteiger charge is -2.14. The first-order valence-electron chi connectivity index (χ1n) is 5.62. The van der Waals surface area contributed by atoms with Crippen LogP contribution in [0, 0.1) is 0 Å². The maximum atomic E-state index is 12.0. The number of hydrogen-bond donors (Lipinski definition) is 2. The summed E-state index contributed by atoms with van der Waals surface area (Å²) in [5, 5.41) is 11.1. The number of rotatable bonds is 5. The topological polar surface area (TPSA) is 84.9 Å². The number of nitrogens with one attached hydrogen (secondary N) is 1. The molecule has 0 radical (unpaired) electrons. The van der Waals surface area contributed by atoms with Gasteiger partial charge in [0.1, 0.15) is 5.75 Å². The van der Waals surface area contributed by atoms with E-state index in [4.69, 9.17) is 5.11 Å². The van der Waals surface area contributed by atoms with Gasteiger partial charge in [0, 0.05) is 5.56 Å². The zero-order valence-electron chi connectivity index (χ0n) is 10.8. The van der Waals surface area contributed by atoms with Crippen LogP contribution in [-0.4, -0.2) is 43.1 Å². The van der Waals surface area contributed by atoms with E-state index in [-0.39, 0.29) is 5.56 Å². The van der Waals surface area contributed by atoms with Crippen molar-refractivity contribution in [3.8, 4) is 5.75 Å². The number of halogens is 3. The van der Waals surface area contributed by atoms with Gasteiger partial charge in [-0.25, -0.2) is 4.79 Å². The highest BCUT2D eigenvalue weighted by Gasteiger charge is 2.31. The quantitative estimate of drug-likeness (QED) is 0.788. The average molecular weight is 307 g/mol. The molecule has 9 heteroatoms. The Labute approximate surface area is 117 Å². The zero-order chi connectivity index (χ0) is 16.0. The largest absolute Gasteiger partial charge is 0.573 e.